The van der Waals surface area contributed by atoms with Crippen LogP contribution in [0.5, 0.6) is 0 Å². The first-order chi connectivity index (χ1) is 9.29. The van der Waals surface area contributed by atoms with Gasteiger partial charge in [0.15, 0.2) is 0 Å². The van der Waals surface area contributed by atoms with E-state index in [9.17, 15) is 4.79 Å². The molecule has 1 aliphatic heterocycles. The number of hydrogen-bond donors (Lipinski definition) is 1. The molecule has 2 heterocycles. The molecule has 1 saturated heterocycles. The molecule has 0 aliphatic carbocycles. The summed E-state index contributed by atoms with van der Waals surface area (Å²) in [4.78, 5) is 11.2. The van der Waals surface area contributed by atoms with Gasteiger partial charge >= 0.3 is 5.97 Å². The maximum atomic E-state index is 11.2. The van der Waals surface area contributed by atoms with Crippen LogP contribution >= 0.6 is 0 Å². The molecule has 0 amide bonds. The highest BCUT2D eigenvalue weighted by Gasteiger charge is 2.13. The van der Waals surface area contributed by atoms with Crippen LogP contribution in [-0.4, -0.2) is 32.3 Å². The molecule has 1 N–H and O–H groups in total. The van der Waals surface area contributed by atoms with Crippen molar-refractivity contribution in [2.75, 3.05) is 20.3 Å². The number of carbonyl (C=O) groups is 1. The summed E-state index contributed by atoms with van der Waals surface area (Å²) in [5.74, 6) is 0.407. The van der Waals surface area contributed by atoms with E-state index in [1.165, 1.54) is 26.4 Å². The van der Waals surface area contributed by atoms with Gasteiger partial charge in [0.1, 0.15) is 12.4 Å². The van der Waals surface area contributed by atoms with Gasteiger partial charge in [0.2, 0.25) is 5.76 Å². The Hall–Kier alpha value is -1.33. The van der Waals surface area contributed by atoms with Crippen molar-refractivity contribution < 1.29 is 18.7 Å². The number of rotatable bonds is 6. The van der Waals surface area contributed by atoms with E-state index in [0.717, 1.165) is 13.0 Å². The van der Waals surface area contributed by atoms with Crippen LogP contribution in [0.15, 0.2) is 16.5 Å². The zero-order valence-electron chi connectivity index (χ0n) is 11.3. The Kier molecular flexibility index (Phi) is 5.42. The van der Waals surface area contributed by atoms with Gasteiger partial charge in [0.25, 0.3) is 0 Å². The highest BCUT2D eigenvalue weighted by atomic mass is 16.5. The molecular weight excluding hydrogens is 246 g/mol. The lowest BCUT2D eigenvalue weighted by Gasteiger charge is -2.23. The van der Waals surface area contributed by atoms with Crippen LogP contribution in [0, 0.1) is 0 Å². The van der Waals surface area contributed by atoms with Crippen molar-refractivity contribution in [1.82, 2.24) is 5.32 Å². The Morgan fingerprint density at radius 1 is 1.47 bits per heavy atom. The summed E-state index contributed by atoms with van der Waals surface area (Å²) in [5, 5.41) is 3.48. The molecule has 1 unspecified atom stereocenters. The van der Waals surface area contributed by atoms with E-state index in [1.807, 2.05) is 0 Å². The van der Waals surface area contributed by atoms with Crippen LogP contribution in [0.2, 0.25) is 0 Å². The lowest BCUT2D eigenvalue weighted by molar-refractivity contribution is 0.0550. The molecule has 106 valence electrons. The highest BCUT2D eigenvalue weighted by Crippen LogP contribution is 2.12. The van der Waals surface area contributed by atoms with Gasteiger partial charge in [-0.15, -0.1) is 0 Å². The quantitative estimate of drug-likeness (QED) is 0.632. The van der Waals surface area contributed by atoms with Crippen LogP contribution < -0.4 is 5.32 Å². The topological polar surface area (TPSA) is 60.7 Å². The van der Waals surface area contributed by atoms with Crippen molar-refractivity contribution in [2.45, 2.75) is 38.3 Å². The van der Waals surface area contributed by atoms with Crippen molar-refractivity contribution in [3.63, 3.8) is 0 Å². The average Bonchev–Trinajstić information content (AvgIpc) is 2.93. The van der Waals surface area contributed by atoms with E-state index in [4.69, 9.17) is 9.15 Å². The smallest absolute Gasteiger partial charge is 0.373 e. The predicted octanol–water partition coefficient (Wildman–Crippen LogP) is 2.12. The Labute approximate surface area is 113 Å². The van der Waals surface area contributed by atoms with E-state index in [-0.39, 0.29) is 5.76 Å². The number of furan rings is 1. The van der Waals surface area contributed by atoms with Gasteiger partial charge in [-0.05, 0) is 37.9 Å². The molecule has 1 atom stereocenters. The molecule has 0 radical (unpaired) electrons. The fraction of sp³-hybridized carbons (Fsp3) is 0.643. The van der Waals surface area contributed by atoms with Gasteiger partial charge in [0, 0.05) is 12.6 Å². The van der Waals surface area contributed by atoms with Crippen molar-refractivity contribution >= 4 is 5.97 Å². The van der Waals surface area contributed by atoms with E-state index in [2.05, 4.69) is 10.1 Å². The second-order valence-corrected chi connectivity index (χ2v) is 4.75. The highest BCUT2D eigenvalue weighted by molar-refractivity contribution is 5.86. The third kappa shape index (κ3) is 4.36. The molecule has 1 aromatic heterocycles. The van der Waals surface area contributed by atoms with E-state index < -0.39 is 5.97 Å². The van der Waals surface area contributed by atoms with Crippen molar-refractivity contribution in [3.05, 3.63) is 23.7 Å². The number of nitrogens with one attached hydrogen (secondary N) is 1. The van der Waals surface area contributed by atoms with Gasteiger partial charge in [-0.25, -0.2) is 4.79 Å². The second-order valence-electron chi connectivity index (χ2n) is 4.75. The van der Waals surface area contributed by atoms with E-state index in [0.29, 0.717) is 25.0 Å². The third-order valence-electron chi connectivity index (χ3n) is 3.32. The predicted molar refractivity (Wildman–Crippen MR) is 70.0 cm³/mol. The monoisotopic (exact) mass is 267 g/mol. The zero-order chi connectivity index (χ0) is 13.5. The van der Waals surface area contributed by atoms with Crippen LogP contribution in [0.3, 0.4) is 0 Å². The Morgan fingerprint density at radius 3 is 3.11 bits per heavy atom. The van der Waals surface area contributed by atoms with Crippen LogP contribution in [0.4, 0.5) is 0 Å². The molecule has 1 aliphatic rings. The molecule has 1 aromatic rings. The van der Waals surface area contributed by atoms with Crippen molar-refractivity contribution in [3.8, 4) is 0 Å². The summed E-state index contributed by atoms with van der Waals surface area (Å²) in [6, 6.07) is 3.93. The van der Waals surface area contributed by atoms with Crippen LogP contribution in [0.1, 0.15) is 42.0 Å². The first kappa shape index (κ1) is 14.1. The van der Waals surface area contributed by atoms with Gasteiger partial charge in [-0.1, -0.05) is 6.42 Å². The van der Waals surface area contributed by atoms with Crippen molar-refractivity contribution in [2.24, 2.45) is 0 Å². The standard InChI is InChI=1S/C14H21NO4/c1-17-14(16)13-6-5-12(19-13)10-18-9-7-11-4-2-3-8-15-11/h5-6,11,15H,2-4,7-10H2,1H3. The summed E-state index contributed by atoms with van der Waals surface area (Å²) < 4.78 is 15.4. The summed E-state index contributed by atoms with van der Waals surface area (Å²) in [7, 11) is 1.33. The minimum Gasteiger partial charge on any atom is -0.463 e. The summed E-state index contributed by atoms with van der Waals surface area (Å²) in [6.07, 6.45) is 4.83. The van der Waals surface area contributed by atoms with Gasteiger partial charge < -0.3 is 19.2 Å². The zero-order valence-corrected chi connectivity index (χ0v) is 11.3. The maximum Gasteiger partial charge on any atom is 0.373 e. The largest absolute Gasteiger partial charge is 0.463 e. The second kappa shape index (κ2) is 7.31. The molecule has 19 heavy (non-hydrogen) atoms. The van der Waals surface area contributed by atoms with Crippen LogP contribution in [-0.2, 0) is 16.1 Å². The number of esters is 1. The van der Waals surface area contributed by atoms with E-state index >= 15 is 0 Å². The number of piperidine rings is 1. The number of ether oxygens (including phenoxy) is 2. The molecule has 0 saturated carbocycles. The normalized spacial score (nSPS) is 19.3. The van der Waals surface area contributed by atoms with Gasteiger partial charge in [-0.2, -0.15) is 0 Å². The first-order valence-electron chi connectivity index (χ1n) is 6.78. The maximum absolute atomic E-state index is 11.2. The van der Waals surface area contributed by atoms with E-state index in [1.54, 1.807) is 12.1 Å². The summed E-state index contributed by atoms with van der Waals surface area (Å²) in [5.41, 5.74) is 0. The SMILES string of the molecule is COC(=O)c1ccc(COCCC2CCCCN2)o1. The fourth-order valence-electron chi connectivity index (χ4n) is 2.23. The number of hydrogen-bond acceptors (Lipinski definition) is 5. The van der Waals surface area contributed by atoms with Gasteiger partial charge in [-0.3, -0.25) is 0 Å². The Morgan fingerprint density at radius 2 is 2.37 bits per heavy atom. The van der Waals surface area contributed by atoms with Crippen molar-refractivity contribution in [1.29, 1.82) is 0 Å². The molecule has 2 rings (SSSR count). The molecular formula is C14H21NO4. The number of methoxy groups -OCH3 is 1. The molecule has 1 fully saturated rings. The molecule has 5 heteroatoms. The summed E-state index contributed by atoms with van der Waals surface area (Å²) in [6.45, 7) is 2.21. The van der Waals surface area contributed by atoms with Gasteiger partial charge in [0.05, 0.1) is 7.11 Å². The Balaban J connectivity index is 1.65. The molecule has 0 aromatic carbocycles. The minimum absolute atomic E-state index is 0.218. The minimum atomic E-state index is -0.461. The lowest BCUT2D eigenvalue weighted by atomic mass is 10.0. The molecule has 0 spiro atoms. The first-order valence-corrected chi connectivity index (χ1v) is 6.78. The van der Waals surface area contributed by atoms with Crippen LogP contribution in [0.25, 0.3) is 0 Å². The molecule has 5 nitrogen and oxygen atoms in total. The Bertz CT molecular complexity index is 396. The number of carbonyl (C=O) groups excluding carboxylic acids is 1. The fourth-order valence-corrected chi connectivity index (χ4v) is 2.23. The third-order valence-corrected chi connectivity index (χ3v) is 3.32. The molecule has 0 bridgehead atoms. The summed E-state index contributed by atoms with van der Waals surface area (Å²) >= 11 is 0. The lowest BCUT2D eigenvalue weighted by Crippen LogP contribution is -2.34. The average molecular weight is 267 g/mol.